The van der Waals surface area contributed by atoms with E-state index in [1.54, 1.807) is 18.6 Å². The first-order valence-corrected chi connectivity index (χ1v) is 5.34. The summed E-state index contributed by atoms with van der Waals surface area (Å²) in [5.74, 6) is 0.959. The Bertz CT molecular complexity index is 564. The lowest BCUT2D eigenvalue weighted by atomic mass is 10.3. The van der Waals surface area contributed by atoms with Gasteiger partial charge in [-0.05, 0) is 12.1 Å². The number of pyridine rings is 1. The van der Waals surface area contributed by atoms with Crippen LogP contribution in [0.15, 0.2) is 24.7 Å². The van der Waals surface area contributed by atoms with Gasteiger partial charge in [-0.3, -0.25) is 0 Å². The minimum absolute atomic E-state index is 0.439. The van der Waals surface area contributed by atoms with Crippen LogP contribution in [-0.4, -0.2) is 26.3 Å². The lowest BCUT2D eigenvalue weighted by molar-refractivity contribution is 0.559. The normalized spacial score (nSPS) is 14.2. The molecule has 0 atom stereocenters. The number of nitriles is 1. The number of hydrogen-bond acceptors (Lipinski definition) is 5. The number of aromatic nitrogens is 4. The molecule has 2 aromatic rings. The molecule has 0 aromatic carbocycles. The molecule has 0 saturated heterocycles. The Balaban J connectivity index is 1.84. The zero-order valence-electron chi connectivity index (χ0n) is 9.11. The lowest BCUT2D eigenvalue weighted by Crippen LogP contribution is -2.33. The summed E-state index contributed by atoms with van der Waals surface area (Å²) in [5, 5.41) is 16.6. The van der Waals surface area contributed by atoms with Crippen molar-refractivity contribution in [3.05, 3.63) is 36.2 Å². The molecule has 6 nitrogen and oxygen atoms in total. The van der Waals surface area contributed by atoms with E-state index in [0.717, 1.165) is 31.1 Å². The van der Waals surface area contributed by atoms with E-state index < -0.39 is 0 Å². The zero-order chi connectivity index (χ0) is 11.7. The highest BCUT2D eigenvalue weighted by Gasteiger charge is 2.17. The Morgan fingerprint density at radius 1 is 1.29 bits per heavy atom. The van der Waals surface area contributed by atoms with E-state index in [1.807, 2.05) is 16.7 Å². The summed E-state index contributed by atoms with van der Waals surface area (Å²) < 4.78 is 2.05. The summed E-state index contributed by atoms with van der Waals surface area (Å²) in [5.41, 5.74) is 1.45. The summed E-state index contributed by atoms with van der Waals surface area (Å²) in [6.07, 6.45) is 3.48. The highest BCUT2D eigenvalue weighted by Crippen LogP contribution is 2.18. The van der Waals surface area contributed by atoms with Crippen molar-refractivity contribution >= 4 is 5.69 Å². The van der Waals surface area contributed by atoms with Crippen LogP contribution in [0, 0.1) is 11.3 Å². The molecule has 0 radical (unpaired) electrons. The topological polar surface area (TPSA) is 70.6 Å². The smallest absolute Gasteiger partial charge is 0.152 e. The van der Waals surface area contributed by atoms with Crippen molar-refractivity contribution in [1.29, 1.82) is 5.26 Å². The maximum absolute atomic E-state index is 8.69. The fourth-order valence-corrected chi connectivity index (χ4v) is 1.93. The van der Waals surface area contributed by atoms with Gasteiger partial charge in [-0.15, -0.1) is 10.2 Å². The fourth-order valence-electron chi connectivity index (χ4n) is 1.93. The van der Waals surface area contributed by atoms with Crippen LogP contribution in [0.4, 0.5) is 5.69 Å². The molecule has 0 saturated carbocycles. The van der Waals surface area contributed by atoms with Crippen LogP contribution < -0.4 is 4.90 Å². The molecule has 3 rings (SSSR count). The van der Waals surface area contributed by atoms with E-state index in [1.165, 1.54) is 0 Å². The van der Waals surface area contributed by atoms with Crippen molar-refractivity contribution in [3.8, 4) is 6.07 Å². The van der Waals surface area contributed by atoms with Gasteiger partial charge < -0.3 is 9.47 Å². The molecule has 2 aromatic heterocycles. The van der Waals surface area contributed by atoms with Gasteiger partial charge in [0.2, 0.25) is 0 Å². The second kappa shape index (κ2) is 3.87. The second-order valence-electron chi connectivity index (χ2n) is 3.88. The molecular formula is C11H10N6. The highest BCUT2D eigenvalue weighted by atomic mass is 15.3. The van der Waals surface area contributed by atoms with Crippen LogP contribution >= 0.6 is 0 Å². The lowest BCUT2D eigenvalue weighted by Gasteiger charge is -2.28. The maximum Gasteiger partial charge on any atom is 0.152 e. The van der Waals surface area contributed by atoms with Crippen molar-refractivity contribution in [2.75, 3.05) is 11.4 Å². The molecule has 0 fully saturated rings. The quantitative estimate of drug-likeness (QED) is 0.710. The van der Waals surface area contributed by atoms with Gasteiger partial charge in [-0.1, -0.05) is 0 Å². The SMILES string of the molecule is N#Cc1ccc(N2CCn3cnnc3C2)cn1. The van der Waals surface area contributed by atoms with Crippen LogP contribution in [0.1, 0.15) is 11.5 Å². The molecular weight excluding hydrogens is 216 g/mol. The summed E-state index contributed by atoms with van der Waals surface area (Å²) >= 11 is 0. The van der Waals surface area contributed by atoms with Crippen molar-refractivity contribution in [1.82, 2.24) is 19.7 Å². The van der Waals surface area contributed by atoms with E-state index in [9.17, 15) is 0 Å². The van der Waals surface area contributed by atoms with Gasteiger partial charge in [0.15, 0.2) is 5.82 Å². The Morgan fingerprint density at radius 2 is 2.24 bits per heavy atom. The molecule has 1 aliphatic heterocycles. The summed E-state index contributed by atoms with van der Waals surface area (Å²) in [6, 6.07) is 5.66. The maximum atomic E-state index is 8.69. The zero-order valence-corrected chi connectivity index (χ0v) is 9.11. The van der Waals surface area contributed by atoms with Gasteiger partial charge in [0.1, 0.15) is 18.1 Å². The first kappa shape index (κ1) is 9.78. The number of hydrogen-bond donors (Lipinski definition) is 0. The monoisotopic (exact) mass is 226 g/mol. The van der Waals surface area contributed by atoms with Crippen LogP contribution in [0.2, 0.25) is 0 Å². The fraction of sp³-hybridized carbons (Fsp3) is 0.273. The minimum atomic E-state index is 0.439. The van der Waals surface area contributed by atoms with E-state index in [2.05, 4.69) is 20.1 Å². The van der Waals surface area contributed by atoms with Gasteiger partial charge in [-0.2, -0.15) is 5.26 Å². The van der Waals surface area contributed by atoms with Crippen LogP contribution in [-0.2, 0) is 13.1 Å². The van der Waals surface area contributed by atoms with Crippen molar-refractivity contribution in [2.45, 2.75) is 13.1 Å². The average molecular weight is 226 g/mol. The Morgan fingerprint density at radius 3 is 3.00 bits per heavy atom. The second-order valence-corrected chi connectivity index (χ2v) is 3.88. The van der Waals surface area contributed by atoms with Crippen molar-refractivity contribution in [3.63, 3.8) is 0 Å². The molecule has 6 heteroatoms. The Labute approximate surface area is 98.1 Å². The van der Waals surface area contributed by atoms with Crippen LogP contribution in [0.3, 0.4) is 0 Å². The summed E-state index contributed by atoms with van der Waals surface area (Å²) in [7, 11) is 0. The third kappa shape index (κ3) is 1.72. The van der Waals surface area contributed by atoms with Crippen molar-refractivity contribution < 1.29 is 0 Å². The standard InChI is InChI=1S/C11H10N6/c12-5-9-1-2-10(6-13-9)16-3-4-17-8-14-15-11(17)7-16/h1-2,6,8H,3-4,7H2. The molecule has 0 N–H and O–H groups in total. The Kier molecular flexibility index (Phi) is 2.22. The van der Waals surface area contributed by atoms with E-state index >= 15 is 0 Å². The van der Waals surface area contributed by atoms with Gasteiger partial charge in [0.05, 0.1) is 18.4 Å². The molecule has 84 valence electrons. The predicted octanol–water partition coefficient (Wildman–Crippen LogP) is 0.565. The minimum Gasteiger partial charge on any atom is -0.361 e. The number of rotatable bonds is 1. The first-order valence-electron chi connectivity index (χ1n) is 5.34. The molecule has 0 aliphatic carbocycles. The van der Waals surface area contributed by atoms with Gasteiger partial charge in [0.25, 0.3) is 0 Å². The third-order valence-corrected chi connectivity index (χ3v) is 2.87. The highest BCUT2D eigenvalue weighted by molar-refractivity contribution is 5.46. The van der Waals surface area contributed by atoms with Gasteiger partial charge in [0, 0.05) is 13.1 Å². The molecule has 1 aliphatic rings. The molecule has 17 heavy (non-hydrogen) atoms. The van der Waals surface area contributed by atoms with E-state index in [0.29, 0.717) is 5.69 Å². The number of nitrogens with zero attached hydrogens (tertiary/aromatic N) is 6. The largest absolute Gasteiger partial charge is 0.361 e. The summed E-state index contributed by atoms with van der Waals surface area (Å²) in [6.45, 7) is 2.51. The van der Waals surface area contributed by atoms with Gasteiger partial charge >= 0.3 is 0 Å². The third-order valence-electron chi connectivity index (χ3n) is 2.87. The molecule has 0 spiro atoms. The predicted molar refractivity (Wildman–Crippen MR) is 60.0 cm³/mol. The average Bonchev–Trinajstić information content (AvgIpc) is 2.86. The van der Waals surface area contributed by atoms with Crippen LogP contribution in [0.25, 0.3) is 0 Å². The molecule has 3 heterocycles. The van der Waals surface area contributed by atoms with E-state index in [4.69, 9.17) is 5.26 Å². The van der Waals surface area contributed by atoms with Gasteiger partial charge in [-0.25, -0.2) is 4.98 Å². The number of anilines is 1. The van der Waals surface area contributed by atoms with Crippen molar-refractivity contribution in [2.24, 2.45) is 0 Å². The van der Waals surface area contributed by atoms with Crippen LogP contribution in [0.5, 0.6) is 0 Å². The summed E-state index contributed by atoms with van der Waals surface area (Å²) in [4.78, 5) is 6.25. The molecule has 0 amide bonds. The molecule has 0 bridgehead atoms. The first-order chi connectivity index (χ1) is 8.36. The molecule has 0 unspecified atom stereocenters. The Hall–Kier alpha value is -2.42. The number of fused-ring (bicyclic) bond motifs is 1. The van der Waals surface area contributed by atoms with E-state index in [-0.39, 0.29) is 0 Å².